The molecule has 0 unspecified atom stereocenters. The Balaban J connectivity index is 1.75. The zero-order valence-electron chi connectivity index (χ0n) is 13.8. The summed E-state index contributed by atoms with van der Waals surface area (Å²) in [5, 5.41) is 13.6. The maximum absolute atomic E-state index is 14.1. The molecule has 0 fully saturated rings. The molecule has 5 aromatic rings. The van der Waals surface area contributed by atoms with Gasteiger partial charge in [0, 0.05) is 0 Å². The Kier molecular flexibility index (Phi) is 3.08. The maximum atomic E-state index is 14.1. The summed E-state index contributed by atoms with van der Waals surface area (Å²) in [5.74, 6) is 0.0631. The van der Waals surface area contributed by atoms with Gasteiger partial charge < -0.3 is 0 Å². The molecule has 0 aliphatic carbocycles. The van der Waals surface area contributed by atoms with Crippen LogP contribution in [0.5, 0.6) is 0 Å². The lowest BCUT2D eigenvalue weighted by molar-refractivity contribution is 0.629. The monoisotopic (exact) mass is 344 g/mol. The van der Waals surface area contributed by atoms with Crippen LogP contribution in [0.1, 0.15) is 5.56 Å². The third kappa shape index (κ3) is 2.10. The van der Waals surface area contributed by atoms with E-state index in [4.69, 9.17) is 0 Å². The van der Waals surface area contributed by atoms with Crippen LogP contribution >= 0.6 is 0 Å². The van der Waals surface area contributed by atoms with Crippen molar-refractivity contribution in [3.05, 3.63) is 72.4 Å². The van der Waals surface area contributed by atoms with Gasteiger partial charge in [-0.1, -0.05) is 24.3 Å². The van der Waals surface area contributed by atoms with E-state index < -0.39 is 0 Å². The van der Waals surface area contributed by atoms with Crippen LogP contribution in [0, 0.1) is 12.7 Å². The van der Waals surface area contributed by atoms with E-state index in [1.165, 1.54) is 6.07 Å². The number of benzene rings is 2. The Morgan fingerprint density at radius 1 is 0.962 bits per heavy atom. The SMILES string of the molecule is Cc1cccc(-n2ncc3c2ncn2c(-c4ccccc4F)nnc32)c1. The van der Waals surface area contributed by atoms with Gasteiger partial charge in [-0.15, -0.1) is 10.2 Å². The molecular weight excluding hydrogens is 331 g/mol. The Morgan fingerprint density at radius 2 is 1.85 bits per heavy atom. The lowest BCUT2D eigenvalue weighted by Gasteiger charge is -2.04. The van der Waals surface area contributed by atoms with E-state index in [-0.39, 0.29) is 5.82 Å². The molecule has 126 valence electrons. The van der Waals surface area contributed by atoms with E-state index in [0.29, 0.717) is 22.7 Å². The van der Waals surface area contributed by atoms with E-state index in [9.17, 15) is 4.39 Å². The number of aromatic nitrogens is 6. The number of hydrogen-bond donors (Lipinski definition) is 0. The molecule has 3 aromatic heterocycles. The van der Waals surface area contributed by atoms with Crippen LogP contribution < -0.4 is 0 Å². The fourth-order valence-electron chi connectivity index (χ4n) is 3.10. The predicted octanol–water partition coefficient (Wildman–Crippen LogP) is 3.58. The molecule has 6 nitrogen and oxygen atoms in total. The van der Waals surface area contributed by atoms with Gasteiger partial charge in [0.25, 0.3) is 0 Å². The highest BCUT2D eigenvalue weighted by Crippen LogP contribution is 2.25. The average Bonchev–Trinajstić information content (AvgIpc) is 3.26. The van der Waals surface area contributed by atoms with Crippen LogP contribution in [0.4, 0.5) is 4.39 Å². The van der Waals surface area contributed by atoms with E-state index >= 15 is 0 Å². The molecule has 0 saturated heterocycles. The Hall–Kier alpha value is -3.61. The number of aryl methyl sites for hydroxylation is 1. The van der Waals surface area contributed by atoms with Crippen LogP contribution in [0.2, 0.25) is 0 Å². The first-order valence-electron chi connectivity index (χ1n) is 8.12. The van der Waals surface area contributed by atoms with Crippen molar-refractivity contribution >= 4 is 16.7 Å². The molecule has 0 N–H and O–H groups in total. The molecule has 2 aromatic carbocycles. The van der Waals surface area contributed by atoms with Crippen molar-refractivity contribution < 1.29 is 4.39 Å². The van der Waals surface area contributed by atoms with Crippen molar-refractivity contribution in [3.63, 3.8) is 0 Å². The number of hydrogen-bond acceptors (Lipinski definition) is 4. The van der Waals surface area contributed by atoms with E-state index in [1.807, 2.05) is 31.2 Å². The van der Waals surface area contributed by atoms with E-state index in [2.05, 4.69) is 20.3 Å². The van der Waals surface area contributed by atoms with E-state index in [1.54, 1.807) is 39.8 Å². The first kappa shape index (κ1) is 14.7. The quantitative estimate of drug-likeness (QED) is 0.491. The Morgan fingerprint density at radius 3 is 2.69 bits per heavy atom. The molecule has 26 heavy (non-hydrogen) atoms. The van der Waals surface area contributed by atoms with Crippen LogP contribution in [0.15, 0.2) is 61.1 Å². The predicted molar refractivity (Wildman–Crippen MR) is 95.5 cm³/mol. The molecule has 0 spiro atoms. The minimum Gasteiger partial charge on any atom is -0.264 e. The van der Waals surface area contributed by atoms with Gasteiger partial charge in [0.15, 0.2) is 17.1 Å². The summed E-state index contributed by atoms with van der Waals surface area (Å²) in [6.07, 6.45) is 3.31. The second-order valence-corrected chi connectivity index (χ2v) is 6.07. The second-order valence-electron chi connectivity index (χ2n) is 6.07. The second kappa shape index (κ2) is 5.45. The van der Waals surface area contributed by atoms with Gasteiger partial charge in [-0.05, 0) is 36.8 Å². The van der Waals surface area contributed by atoms with Gasteiger partial charge in [-0.25, -0.2) is 14.1 Å². The zero-order chi connectivity index (χ0) is 17.7. The number of rotatable bonds is 2. The maximum Gasteiger partial charge on any atom is 0.175 e. The van der Waals surface area contributed by atoms with Crippen molar-refractivity contribution in [2.75, 3.05) is 0 Å². The summed E-state index contributed by atoms with van der Waals surface area (Å²) < 4.78 is 17.6. The topological polar surface area (TPSA) is 60.9 Å². The molecule has 5 rings (SSSR count). The van der Waals surface area contributed by atoms with Gasteiger partial charge in [-0.3, -0.25) is 4.40 Å². The lowest BCUT2D eigenvalue weighted by atomic mass is 10.2. The molecule has 0 aliphatic heterocycles. The lowest BCUT2D eigenvalue weighted by Crippen LogP contribution is -1.99. The molecule has 0 radical (unpaired) electrons. The molecule has 3 heterocycles. The molecule has 0 bridgehead atoms. The zero-order valence-corrected chi connectivity index (χ0v) is 13.8. The van der Waals surface area contributed by atoms with Gasteiger partial charge in [0.1, 0.15) is 12.1 Å². The summed E-state index contributed by atoms with van der Waals surface area (Å²) in [7, 11) is 0. The smallest absolute Gasteiger partial charge is 0.175 e. The normalized spacial score (nSPS) is 11.5. The summed E-state index contributed by atoms with van der Waals surface area (Å²) in [5.41, 5.74) is 3.71. The summed E-state index contributed by atoms with van der Waals surface area (Å²) in [6, 6.07) is 14.5. The molecule has 0 saturated carbocycles. The minimum absolute atomic E-state index is 0.350. The van der Waals surface area contributed by atoms with Gasteiger partial charge in [0.2, 0.25) is 0 Å². The average molecular weight is 344 g/mol. The Bertz CT molecular complexity index is 1270. The molecular formula is C19H13FN6. The van der Waals surface area contributed by atoms with Gasteiger partial charge in [0.05, 0.1) is 22.8 Å². The van der Waals surface area contributed by atoms with Crippen molar-refractivity contribution in [3.8, 4) is 17.1 Å². The van der Waals surface area contributed by atoms with Gasteiger partial charge >= 0.3 is 0 Å². The van der Waals surface area contributed by atoms with Crippen molar-refractivity contribution in [2.24, 2.45) is 0 Å². The molecule has 0 aliphatic rings. The number of fused-ring (bicyclic) bond motifs is 3. The molecule has 7 heteroatoms. The summed E-state index contributed by atoms with van der Waals surface area (Å²) in [6.45, 7) is 2.03. The van der Waals surface area contributed by atoms with E-state index in [0.717, 1.165) is 16.6 Å². The van der Waals surface area contributed by atoms with Crippen LogP contribution in [-0.4, -0.2) is 29.4 Å². The van der Waals surface area contributed by atoms with Crippen LogP contribution in [0.25, 0.3) is 33.8 Å². The fraction of sp³-hybridized carbons (Fsp3) is 0.0526. The summed E-state index contributed by atoms with van der Waals surface area (Å²) >= 11 is 0. The highest BCUT2D eigenvalue weighted by Gasteiger charge is 2.17. The molecule has 0 atom stereocenters. The van der Waals surface area contributed by atoms with Crippen molar-refractivity contribution in [2.45, 2.75) is 6.92 Å². The van der Waals surface area contributed by atoms with Crippen LogP contribution in [0.3, 0.4) is 0 Å². The summed E-state index contributed by atoms with van der Waals surface area (Å²) in [4.78, 5) is 4.52. The minimum atomic E-state index is -0.350. The fourth-order valence-corrected chi connectivity index (χ4v) is 3.10. The highest BCUT2D eigenvalue weighted by molar-refractivity contribution is 5.90. The third-order valence-corrected chi connectivity index (χ3v) is 4.34. The largest absolute Gasteiger partial charge is 0.264 e. The van der Waals surface area contributed by atoms with Crippen LogP contribution in [-0.2, 0) is 0 Å². The highest BCUT2D eigenvalue weighted by atomic mass is 19.1. The third-order valence-electron chi connectivity index (χ3n) is 4.34. The first-order valence-corrected chi connectivity index (χ1v) is 8.12. The van der Waals surface area contributed by atoms with Crippen molar-refractivity contribution in [1.29, 1.82) is 0 Å². The first-order chi connectivity index (χ1) is 12.7. The number of nitrogens with zero attached hydrogens (tertiary/aromatic N) is 6. The standard InChI is InChI=1S/C19H13FN6/c1-12-5-4-6-13(9-12)26-17-15(10-22-26)19-24-23-18(25(19)11-21-17)14-7-2-3-8-16(14)20/h2-11H,1H3. The number of halogens is 1. The molecule has 0 amide bonds. The van der Waals surface area contributed by atoms with Gasteiger partial charge in [-0.2, -0.15) is 5.10 Å². The Labute approximate surface area is 147 Å². The van der Waals surface area contributed by atoms with Crippen molar-refractivity contribution in [1.82, 2.24) is 29.4 Å².